The van der Waals surface area contributed by atoms with E-state index in [1.54, 1.807) is 12.1 Å². The molecule has 7 heteroatoms. The first kappa shape index (κ1) is 11.7. The Labute approximate surface area is 98.7 Å². The number of anilines is 1. The topological polar surface area (TPSA) is 102 Å². The summed E-state index contributed by atoms with van der Waals surface area (Å²) < 4.78 is 5.28. The zero-order valence-electron chi connectivity index (χ0n) is 9.35. The van der Waals surface area contributed by atoms with Gasteiger partial charge in [0.1, 0.15) is 0 Å². The number of amides is 1. The Kier molecular flexibility index (Phi) is 3.84. The number of hydrogen-bond acceptors (Lipinski definition) is 6. The van der Waals surface area contributed by atoms with E-state index in [0.29, 0.717) is 12.4 Å². The number of carbonyl (C=O) groups is 1. The van der Waals surface area contributed by atoms with Crippen molar-refractivity contribution < 1.29 is 9.53 Å². The van der Waals surface area contributed by atoms with Crippen LogP contribution >= 0.6 is 0 Å². The molecule has 0 aliphatic carbocycles. The zero-order valence-corrected chi connectivity index (χ0v) is 9.35. The lowest BCUT2D eigenvalue weighted by molar-refractivity contribution is 0.0621. The molecule has 1 aromatic heterocycles. The average molecular weight is 237 g/mol. The van der Waals surface area contributed by atoms with E-state index in [9.17, 15) is 4.79 Å². The van der Waals surface area contributed by atoms with Crippen LogP contribution in [0.5, 0.6) is 0 Å². The first-order chi connectivity index (χ1) is 8.29. The smallest absolute Gasteiger partial charge is 0.272 e. The predicted molar refractivity (Wildman–Crippen MR) is 61.1 cm³/mol. The molecule has 1 unspecified atom stereocenters. The van der Waals surface area contributed by atoms with Crippen molar-refractivity contribution in [2.45, 2.75) is 18.9 Å². The second kappa shape index (κ2) is 5.55. The van der Waals surface area contributed by atoms with Crippen molar-refractivity contribution in [1.82, 2.24) is 15.5 Å². The predicted octanol–water partition coefficient (Wildman–Crippen LogP) is -0.329. The molecule has 0 spiro atoms. The molecular formula is C10H15N5O2. The van der Waals surface area contributed by atoms with Gasteiger partial charge in [0.05, 0.1) is 12.6 Å². The van der Waals surface area contributed by atoms with Crippen molar-refractivity contribution in [2.24, 2.45) is 5.84 Å². The lowest BCUT2D eigenvalue weighted by atomic mass is 10.1. The highest BCUT2D eigenvalue weighted by Crippen LogP contribution is 2.07. The first-order valence-corrected chi connectivity index (χ1v) is 5.48. The Balaban J connectivity index is 1.93. The van der Waals surface area contributed by atoms with Gasteiger partial charge in [0.15, 0.2) is 11.5 Å². The Morgan fingerprint density at radius 3 is 2.94 bits per heavy atom. The number of rotatable bonds is 3. The van der Waals surface area contributed by atoms with E-state index in [2.05, 4.69) is 20.9 Å². The molecule has 1 aliphatic rings. The fourth-order valence-electron chi connectivity index (χ4n) is 1.64. The van der Waals surface area contributed by atoms with Crippen LogP contribution < -0.4 is 16.6 Å². The van der Waals surface area contributed by atoms with Gasteiger partial charge >= 0.3 is 0 Å². The van der Waals surface area contributed by atoms with Gasteiger partial charge in [-0.25, -0.2) is 5.84 Å². The van der Waals surface area contributed by atoms with Crippen LogP contribution in [0.1, 0.15) is 23.3 Å². The number of hydrazine groups is 1. The SMILES string of the molecule is NNc1ccc(C(=O)NC2CCCOC2)nn1. The molecule has 0 aromatic carbocycles. The number of nitrogens with one attached hydrogen (secondary N) is 2. The minimum Gasteiger partial charge on any atom is -0.379 e. The quantitative estimate of drug-likeness (QED) is 0.491. The van der Waals surface area contributed by atoms with Crippen LogP contribution in [0.4, 0.5) is 5.82 Å². The van der Waals surface area contributed by atoms with Crippen molar-refractivity contribution in [3.05, 3.63) is 17.8 Å². The van der Waals surface area contributed by atoms with Crippen LogP contribution in [0.25, 0.3) is 0 Å². The van der Waals surface area contributed by atoms with E-state index in [1.165, 1.54) is 0 Å². The highest BCUT2D eigenvalue weighted by atomic mass is 16.5. The van der Waals surface area contributed by atoms with Crippen molar-refractivity contribution >= 4 is 11.7 Å². The van der Waals surface area contributed by atoms with Gasteiger partial charge in [-0.1, -0.05) is 0 Å². The Hall–Kier alpha value is -1.73. The maximum Gasteiger partial charge on any atom is 0.272 e. The number of nitrogen functional groups attached to an aromatic ring is 1. The van der Waals surface area contributed by atoms with E-state index >= 15 is 0 Å². The number of nitrogens with zero attached hydrogens (tertiary/aromatic N) is 2. The van der Waals surface area contributed by atoms with Crippen LogP contribution in [-0.2, 0) is 4.74 Å². The highest BCUT2D eigenvalue weighted by molar-refractivity contribution is 5.92. The third-order valence-electron chi connectivity index (χ3n) is 2.54. The molecule has 0 radical (unpaired) electrons. The molecular weight excluding hydrogens is 222 g/mol. The number of hydrogen-bond donors (Lipinski definition) is 3. The second-order valence-electron chi connectivity index (χ2n) is 3.84. The Morgan fingerprint density at radius 1 is 1.47 bits per heavy atom. The number of carbonyl (C=O) groups excluding carboxylic acids is 1. The zero-order chi connectivity index (χ0) is 12.1. The fourth-order valence-corrected chi connectivity index (χ4v) is 1.64. The van der Waals surface area contributed by atoms with Gasteiger partial charge in [0.25, 0.3) is 5.91 Å². The van der Waals surface area contributed by atoms with Crippen LogP contribution in [0.3, 0.4) is 0 Å². The normalized spacial score (nSPS) is 19.7. The molecule has 1 atom stereocenters. The standard InChI is InChI=1S/C10H15N5O2/c11-13-9-4-3-8(14-15-9)10(16)12-7-2-1-5-17-6-7/h3-4,7H,1-2,5-6,11H2,(H,12,16)(H,13,15). The van der Waals surface area contributed by atoms with E-state index < -0.39 is 0 Å². The summed E-state index contributed by atoms with van der Waals surface area (Å²) >= 11 is 0. The van der Waals surface area contributed by atoms with Gasteiger partial charge in [0.2, 0.25) is 0 Å². The van der Waals surface area contributed by atoms with Crippen LogP contribution in [0.2, 0.25) is 0 Å². The molecule has 0 saturated carbocycles. The molecule has 7 nitrogen and oxygen atoms in total. The second-order valence-corrected chi connectivity index (χ2v) is 3.84. The summed E-state index contributed by atoms with van der Waals surface area (Å²) in [5, 5.41) is 10.4. The summed E-state index contributed by atoms with van der Waals surface area (Å²) in [6.07, 6.45) is 1.90. The third kappa shape index (κ3) is 3.11. The number of nitrogens with two attached hydrogens (primary N) is 1. The molecule has 1 saturated heterocycles. The molecule has 1 aliphatic heterocycles. The van der Waals surface area contributed by atoms with E-state index in [0.717, 1.165) is 19.4 Å². The van der Waals surface area contributed by atoms with Crippen LogP contribution in [0.15, 0.2) is 12.1 Å². The average Bonchev–Trinajstić information content (AvgIpc) is 2.40. The molecule has 17 heavy (non-hydrogen) atoms. The summed E-state index contributed by atoms with van der Waals surface area (Å²) in [6, 6.07) is 3.23. The monoisotopic (exact) mass is 237 g/mol. The lowest BCUT2D eigenvalue weighted by Gasteiger charge is -2.22. The molecule has 1 fully saturated rings. The lowest BCUT2D eigenvalue weighted by Crippen LogP contribution is -2.41. The molecule has 2 rings (SSSR count). The van der Waals surface area contributed by atoms with Crippen LogP contribution in [0, 0.1) is 0 Å². The first-order valence-electron chi connectivity index (χ1n) is 5.48. The Morgan fingerprint density at radius 2 is 2.35 bits per heavy atom. The molecule has 92 valence electrons. The van der Waals surface area contributed by atoms with E-state index in [-0.39, 0.29) is 17.6 Å². The molecule has 1 aromatic rings. The largest absolute Gasteiger partial charge is 0.379 e. The van der Waals surface area contributed by atoms with Gasteiger partial charge in [-0.3, -0.25) is 4.79 Å². The van der Waals surface area contributed by atoms with Crippen molar-refractivity contribution in [3.63, 3.8) is 0 Å². The number of ether oxygens (including phenoxy) is 1. The summed E-state index contributed by atoms with van der Waals surface area (Å²) in [6.45, 7) is 1.32. The van der Waals surface area contributed by atoms with Gasteiger partial charge in [0, 0.05) is 6.61 Å². The fraction of sp³-hybridized carbons (Fsp3) is 0.500. The third-order valence-corrected chi connectivity index (χ3v) is 2.54. The maximum atomic E-state index is 11.8. The summed E-state index contributed by atoms with van der Waals surface area (Å²) in [5.41, 5.74) is 2.62. The van der Waals surface area contributed by atoms with Gasteiger partial charge in [-0.2, -0.15) is 0 Å². The molecule has 0 bridgehead atoms. The minimum absolute atomic E-state index is 0.0605. The molecule has 2 heterocycles. The molecule has 1 amide bonds. The summed E-state index contributed by atoms with van der Waals surface area (Å²) in [4.78, 5) is 11.8. The number of aromatic nitrogens is 2. The maximum absolute atomic E-state index is 11.8. The van der Waals surface area contributed by atoms with Crippen molar-refractivity contribution in [3.8, 4) is 0 Å². The van der Waals surface area contributed by atoms with Crippen molar-refractivity contribution in [2.75, 3.05) is 18.6 Å². The van der Waals surface area contributed by atoms with Gasteiger partial charge in [-0.15, -0.1) is 10.2 Å². The highest BCUT2D eigenvalue weighted by Gasteiger charge is 2.17. The molecule has 4 N–H and O–H groups in total. The summed E-state index contributed by atoms with van der Waals surface area (Å²) in [7, 11) is 0. The van der Waals surface area contributed by atoms with E-state index in [4.69, 9.17) is 10.6 Å². The van der Waals surface area contributed by atoms with E-state index in [1.807, 2.05) is 0 Å². The van der Waals surface area contributed by atoms with Gasteiger partial charge < -0.3 is 15.5 Å². The summed E-state index contributed by atoms with van der Waals surface area (Å²) in [5.74, 6) is 5.34. The van der Waals surface area contributed by atoms with Crippen molar-refractivity contribution in [1.29, 1.82) is 0 Å². The Bertz CT molecular complexity index is 375. The van der Waals surface area contributed by atoms with Gasteiger partial charge in [-0.05, 0) is 25.0 Å². The minimum atomic E-state index is -0.239. The van der Waals surface area contributed by atoms with Crippen LogP contribution in [-0.4, -0.2) is 35.4 Å².